The number of rotatable bonds is 15. The van der Waals surface area contributed by atoms with E-state index in [1.54, 1.807) is 40.2 Å². The molecule has 0 spiro atoms. The minimum Gasteiger partial charge on any atom is -0.376 e. The van der Waals surface area contributed by atoms with E-state index in [-0.39, 0.29) is 18.6 Å². The summed E-state index contributed by atoms with van der Waals surface area (Å²) in [7, 11) is 6.61. The lowest BCUT2D eigenvalue weighted by Crippen LogP contribution is -2.66. The van der Waals surface area contributed by atoms with Crippen molar-refractivity contribution in [1.29, 1.82) is 0 Å². The largest absolute Gasteiger partial charge is 0.376 e. The van der Waals surface area contributed by atoms with Crippen molar-refractivity contribution in [3.63, 3.8) is 0 Å². The summed E-state index contributed by atoms with van der Waals surface area (Å²) in [5, 5.41) is 0. The maximum Gasteiger partial charge on any atom is 0.187 e. The topological polar surface area (TPSA) is 92.3 Å². The van der Waals surface area contributed by atoms with Crippen LogP contribution in [0.25, 0.3) is 0 Å². The molecule has 4 aromatic carbocycles. The zero-order chi connectivity index (χ0) is 38.2. The van der Waals surface area contributed by atoms with Crippen LogP contribution >= 0.6 is 11.8 Å². The molecule has 7 rings (SSSR count). The van der Waals surface area contributed by atoms with Crippen LogP contribution in [0.1, 0.15) is 35.5 Å². The lowest BCUT2D eigenvalue weighted by Gasteiger charge is -2.51. The number of benzene rings is 4. The lowest BCUT2D eigenvalue weighted by molar-refractivity contribution is -0.382. The molecule has 0 N–H and O–H groups in total. The molecular formula is C44H52O10S. The van der Waals surface area contributed by atoms with Crippen LogP contribution in [0.15, 0.2) is 121 Å². The first-order valence-corrected chi connectivity index (χ1v) is 19.9. The second-order valence-electron chi connectivity index (χ2n) is 13.7. The summed E-state index contributed by atoms with van der Waals surface area (Å²) in [5.41, 5.74) is 2.51. The number of hydrogen-bond acceptors (Lipinski definition) is 11. The van der Waals surface area contributed by atoms with Gasteiger partial charge in [0.1, 0.15) is 59.9 Å². The highest BCUT2D eigenvalue weighted by atomic mass is 32.2. The molecule has 0 amide bonds. The average molecular weight is 773 g/mol. The zero-order valence-corrected chi connectivity index (χ0v) is 32.8. The van der Waals surface area contributed by atoms with Crippen LogP contribution in [0.4, 0.5) is 0 Å². The fraction of sp³-hybridized carbons (Fsp3) is 0.455. The second-order valence-corrected chi connectivity index (χ2v) is 15.1. The van der Waals surface area contributed by atoms with Crippen LogP contribution < -0.4 is 0 Å². The van der Waals surface area contributed by atoms with E-state index in [4.69, 9.17) is 47.4 Å². The Morgan fingerprint density at radius 1 is 0.600 bits per heavy atom. The zero-order valence-electron chi connectivity index (χ0n) is 32.0. The third-order valence-corrected chi connectivity index (χ3v) is 11.7. The Hall–Kier alpha value is -3.17. The highest BCUT2D eigenvalue weighted by molar-refractivity contribution is 7.99. The Kier molecular flexibility index (Phi) is 13.7. The van der Waals surface area contributed by atoms with E-state index < -0.39 is 67.0 Å². The van der Waals surface area contributed by atoms with Crippen molar-refractivity contribution in [2.75, 3.05) is 47.4 Å². The van der Waals surface area contributed by atoms with Crippen molar-refractivity contribution in [3.05, 3.63) is 144 Å². The van der Waals surface area contributed by atoms with Gasteiger partial charge in [0.05, 0.1) is 13.2 Å². The first-order valence-electron chi connectivity index (χ1n) is 18.9. The van der Waals surface area contributed by atoms with Crippen LogP contribution in [-0.4, -0.2) is 108 Å². The summed E-state index contributed by atoms with van der Waals surface area (Å²) in [6.07, 6.45) is -6.01. The number of methoxy groups -OCH3 is 4. The van der Waals surface area contributed by atoms with Crippen LogP contribution in [0, 0.1) is 0 Å². The first kappa shape index (κ1) is 40.0. The molecule has 55 heavy (non-hydrogen) atoms. The summed E-state index contributed by atoms with van der Waals surface area (Å²) in [6, 6.07) is 40.7. The van der Waals surface area contributed by atoms with Crippen LogP contribution in [0.2, 0.25) is 0 Å². The Morgan fingerprint density at radius 2 is 1.13 bits per heavy atom. The molecule has 11 atom stereocenters. The van der Waals surface area contributed by atoms with E-state index in [0.29, 0.717) is 0 Å². The molecule has 0 radical (unpaired) electrons. The smallest absolute Gasteiger partial charge is 0.187 e. The van der Waals surface area contributed by atoms with E-state index in [1.807, 2.05) is 84.9 Å². The van der Waals surface area contributed by atoms with Crippen LogP contribution in [0.5, 0.6) is 0 Å². The molecule has 3 heterocycles. The first-order chi connectivity index (χ1) is 27.1. The van der Waals surface area contributed by atoms with Gasteiger partial charge in [0.25, 0.3) is 0 Å². The Balaban J connectivity index is 1.23. The van der Waals surface area contributed by atoms with Gasteiger partial charge in [0.2, 0.25) is 0 Å². The summed E-state index contributed by atoms with van der Waals surface area (Å²) in [5.74, 6) is 0.808. The standard InChI is InChI=1S/C44H52O10S/c1-6-55-43-40(48-5)38(46-3)36(54-42-39(47-4)37(45-2)35-33(51-42)27-49-41(53-35)29-19-11-7-12-20-29)34(52-43)28-50-44(30-21-13-8-14-22-30,31-23-15-9-16-24-31)32-25-17-10-18-26-32/h7-26,33-43H,6,27-28H2,1-5H3/t33?,34?,35-,36-,37+,38+,39?,40?,41?,42-,43+/m1/s1. The van der Waals surface area contributed by atoms with Gasteiger partial charge in [-0.25, -0.2) is 0 Å². The maximum absolute atomic E-state index is 7.32. The summed E-state index contributed by atoms with van der Waals surface area (Å²) in [6.45, 7) is 2.50. The number of fused-ring (bicyclic) bond motifs is 1. The quantitative estimate of drug-likeness (QED) is 0.120. The minimum atomic E-state index is -0.984. The van der Waals surface area contributed by atoms with Crippen LogP contribution in [0.3, 0.4) is 0 Å². The molecule has 294 valence electrons. The van der Waals surface area contributed by atoms with E-state index >= 15 is 0 Å². The average Bonchev–Trinajstić information content (AvgIpc) is 3.25. The molecule has 10 nitrogen and oxygen atoms in total. The van der Waals surface area contributed by atoms with Crippen molar-refractivity contribution in [2.24, 2.45) is 0 Å². The Morgan fingerprint density at radius 3 is 1.64 bits per heavy atom. The van der Waals surface area contributed by atoms with Gasteiger partial charge in [-0.05, 0) is 22.4 Å². The fourth-order valence-electron chi connectivity index (χ4n) is 8.07. The third kappa shape index (κ3) is 8.30. The number of thioether (sulfide) groups is 1. The van der Waals surface area contributed by atoms with E-state index in [1.165, 1.54) is 0 Å². The molecule has 3 aliphatic rings. The second kappa shape index (κ2) is 18.8. The summed E-state index contributed by atoms with van der Waals surface area (Å²) in [4.78, 5) is 0. The molecule has 3 saturated heterocycles. The van der Waals surface area contributed by atoms with E-state index in [2.05, 4.69) is 43.3 Å². The van der Waals surface area contributed by atoms with Gasteiger partial charge in [-0.15, -0.1) is 11.8 Å². The monoisotopic (exact) mass is 772 g/mol. The van der Waals surface area contributed by atoms with E-state index in [9.17, 15) is 0 Å². The number of ether oxygens (including phenoxy) is 10. The Labute approximate surface area is 328 Å². The Bertz CT molecular complexity index is 1620. The predicted octanol–water partition coefficient (Wildman–Crippen LogP) is 6.76. The van der Waals surface area contributed by atoms with Crippen molar-refractivity contribution in [2.45, 2.75) is 79.4 Å². The molecule has 11 heteroatoms. The summed E-state index contributed by atoms with van der Waals surface area (Å²) < 4.78 is 65.2. The fourth-order valence-corrected chi connectivity index (χ4v) is 9.08. The molecule has 0 bridgehead atoms. The van der Waals surface area contributed by atoms with Crippen molar-refractivity contribution in [3.8, 4) is 0 Å². The normalized spacial score (nSPS) is 31.1. The van der Waals surface area contributed by atoms with Crippen LogP contribution in [-0.2, 0) is 53.0 Å². The van der Waals surface area contributed by atoms with Gasteiger partial charge in [-0.2, -0.15) is 0 Å². The third-order valence-electron chi connectivity index (χ3n) is 10.7. The molecule has 4 aromatic rings. The van der Waals surface area contributed by atoms with Gasteiger partial charge in [0.15, 0.2) is 12.6 Å². The molecule has 0 saturated carbocycles. The predicted molar refractivity (Wildman–Crippen MR) is 209 cm³/mol. The van der Waals surface area contributed by atoms with Crippen molar-refractivity contribution < 1.29 is 47.4 Å². The van der Waals surface area contributed by atoms with Gasteiger partial charge in [-0.3, -0.25) is 0 Å². The lowest BCUT2D eigenvalue weighted by atomic mass is 9.80. The molecular weight excluding hydrogens is 721 g/mol. The minimum absolute atomic E-state index is 0.134. The van der Waals surface area contributed by atoms with Gasteiger partial charge < -0.3 is 47.4 Å². The SMILES string of the molecule is CCS[C@@H]1OC(COC(c2ccccc2)(c2ccccc2)c2ccccc2)[C@@H](O[C@H]2OC3COC(c4ccccc4)O[C@H]3[C@H](OC)C2OC)[C@H](OC)C1OC. The van der Waals surface area contributed by atoms with Crippen molar-refractivity contribution >= 4 is 11.8 Å². The summed E-state index contributed by atoms with van der Waals surface area (Å²) >= 11 is 1.65. The van der Waals surface area contributed by atoms with Crippen molar-refractivity contribution in [1.82, 2.24) is 0 Å². The molecule has 3 fully saturated rings. The number of hydrogen-bond donors (Lipinski definition) is 0. The highest BCUT2D eigenvalue weighted by Gasteiger charge is 2.55. The van der Waals surface area contributed by atoms with Gasteiger partial charge in [0, 0.05) is 34.0 Å². The van der Waals surface area contributed by atoms with Gasteiger partial charge >= 0.3 is 0 Å². The molecule has 3 aliphatic heterocycles. The highest BCUT2D eigenvalue weighted by Crippen LogP contribution is 2.43. The van der Waals surface area contributed by atoms with Gasteiger partial charge in [-0.1, -0.05) is 128 Å². The maximum atomic E-state index is 7.32. The molecule has 5 unspecified atom stereocenters. The van der Waals surface area contributed by atoms with E-state index in [0.717, 1.165) is 28.0 Å². The molecule has 0 aliphatic carbocycles. The molecule has 0 aromatic heterocycles.